The zero-order chi connectivity index (χ0) is 13.2. The molecular weight excluding hydrogens is 248 g/mol. The van der Waals surface area contributed by atoms with Gasteiger partial charge in [0.25, 0.3) is 10.2 Å². The maximum atomic E-state index is 11.8. The van der Waals surface area contributed by atoms with Crippen molar-refractivity contribution in [1.29, 1.82) is 0 Å². The lowest BCUT2D eigenvalue weighted by molar-refractivity contribution is -0.144. The number of nitrogens with zero attached hydrogens (tertiary/aromatic N) is 3. The highest BCUT2D eigenvalue weighted by atomic mass is 32.2. The van der Waals surface area contributed by atoms with Gasteiger partial charge in [0, 0.05) is 40.3 Å². The second-order valence-electron chi connectivity index (χ2n) is 3.85. The van der Waals surface area contributed by atoms with Crippen LogP contribution in [0.1, 0.15) is 0 Å². The molecule has 1 fully saturated rings. The molecule has 1 aliphatic rings. The molecule has 0 saturated carbocycles. The number of carbonyl (C=O) groups excluding carboxylic acids is 2. The monoisotopic (exact) mass is 264 g/mol. The summed E-state index contributed by atoms with van der Waals surface area (Å²) in [5.74, 6) is -1.79. The number of piperazine rings is 1. The van der Waals surface area contributed by atoms with Crippen LogP contribution in [0, 0.1) is 0 Å². The van der Waals surface area contributed by atoms with Crippen molar-refractivity contribution in [2.45, 2.75) is 0 Å². The lowest BCUT2D eigenvalue weighted by Crippen LogP contribution is -2.54. The van der Waals surface area contributed by atoms with E-state index in [1.54, 1.807) is 0 Å². The van der Waals surface area contributed by atoms with E-state index in [9.17, 15) is 18.0 Å². The highest BCUT2D eigenvalue weighted by molar-refractivity contribution is 7.86. The third-order valence-corrected chi connectivity index (χ3v) is 4.46. The summed E-state index contributed by atoms with van der Waals surface area (Å²) in [6, 6.07) is 0. The minimum Gasteiger partial charge on any atom is -0.361 e. The van der Waals surface area contributed by atoms with Crippen LogP contribution in [0.5, 0.6) is 0 Å². The molecule has 0 radical (unpaired) electrons. The molecule has 0 aromatic rings. The summed E-state index contributed by atoms with van der Waals surface area (Å²) in [6.45, 7) is 0.683. The van der Waals surface area contributed by atoms with Crippen LogP contribution in [0.15, 0.2) is 0 Å². The van der Waals surface area contributed by atoms with Gasteiger partial charge in [-0.15, -0.1) is 0 Å². The van der Waals surface area contributed by atoms with Gasteiger partial charge in [-0.05, 0) is 0 Å². The second kappa shape index (κ2) is 4.98. The van der Waals surface area contributed by atoms with Crippen molar-refractivity contribution in [3.63, 3.8) is 0 Å². The molecule has 0 aromatic carbocycles. The summed E-state index contributed by atoms with van der Waals surface area (Å²) in [5, 5.41) is 0. The Morgan fingerprint density at radius 1 is 1.12 bits per heavy atom. The van der Waals surface area contributed by atoms with Gasteiger partial charge in [-0.25, -0.2) is 0 Å². The molecule has 2 amide bonds. The molecule has 9 heteroatoms. The fraction of sp³-hybridized carbons (Fsp3) is 0.750. The van der Waals surface area contributed by atoms with E-state index < -0.39 is 22.0 Å². The summed E-state index contributed by atoms with van der Waals surface area (Å²) in [6.07, 6.45) is 0. The van der Waals surface area contributed by atoms with E-state index in [1.165, 1.54) is 23.3 Å². The Morgan fingerprint density at radius 3 is 1.94 bits per heavy atom. The van der Waals surface area contributed by atoms with Gasteiger partial charge in [0.1, 0.15) is 0 Å². The van der Waals surface area contributed by atoms with Crippen LogP contribution >= 0.6 is 0 Å². The Kier molecular flexibility index (Phi) is 4.07. The topological polar surface area (TPSA) is 104 Å². The molecule has 1 saturated heterocycles. The number of hydrogen-bond donors (Lipinski definition) is 1. The van der Waals surface area contributed by atoms with Crippen LogP contribution in [0.3, 0.4) is 0 Å². The first-order chi connectivity index (χ1) is 7.76. The van der Waals surface area contributed by atoms with Crippen LogP contribution < -0.4 is 5.73 Å². The van der Waals surface area contributed by atoms with Crippen molar-refractivity contribution in [1.82, 2.24) is 13.5 Å². The smallest absolute Gasteiger partial charge is 0.311 e. The predicted octanol–water partition coefficient (Wildman–Crippen LogP) is -2.58. The first-order valence-corrected chi connectivity index (χ1v) is 6.43. The van der Waals surface area contributed by atoms with Crippen LogP contribution in [0.2, 0.25) is 0 Å². The molecule has 98 valence electrons. The van der Waals surface area contributed by atoms with Crippen molar-refractivity contribution < 1.29 is 18.0 Å². The average molecular weight is 264 g/mol. The SMILES string of the molecule is CN(C)S(=O)(=O)N1CCN(C(=O)C(N)=O)CC1. The van der Waals surface area contributed by atoms with Crippen molar-refractivity contribution >= 4 is 22.0 Å². The van der Waals surface area contributed by atoms with Crippen LogP contribution in [-0.2, 0) is 19.8 Å². The Balaban J connectivity index is 2.64. The Bertz CT molecular complexity index is 411. The fourth-order valence-electron chi connectivity index (χ4n) is 1.51. The maximum Gasteiger partial charge on any atom is 0.311 e. The molecule has 0 aliphatic carbocycles. The van der Waals surface area contributed by atoms with Gasteiger partial charge < -0.3 is 10.6 Å². The van der Waals surface area contributed by atoms with Crippen LogP contribution in [0.4, 0.5) is 0 Å². The highest BCUT2D eigenvalue weighted by Crippen LogP contribution is 2.09. The van der Waals surface area contributed by atoms with Gasteiger partial charge in [-0.3, -0.25) is 9.59 Å². The van der Waals surface area contributed by atoms with E-state index in [1.807, 2.05) is 0 Å². The lowest BCUT2D eigenvalue weighted by Gasteiger charge is -2.34. The molecule has 0 atom stereocenters. The number of rotatable bonds is 2. The quantitative estimate of drug-likeness (QED) is 0.553. The van der Waals surface area contributed by atoms with E-state index in [0.29, 0.717) is 0 Å². The average Bonchev–Trinajstić information content (AvgIpc) is 2.27. The normalized spacial score (nSPS) is 18.4. The second-order valence-corrected chi connectivity index (χ2v) is 5.99. The first kappa shape index (κ1) is 13.9. The molecular formula is C8H16N4O4S. The van der Waals surface area contributed by atoms with Crippen molar-refractivity contribution in [2.24, 2.45) is 5.73 Å². The summed E-state index contributed by atoms with van der Waals surface area (Å²) in [4.78, 5) is 23.2. The standard InChI is InChI=1S/C8H16N4O4S/c1-10(2)17(15,16)12-5-3-11(4-6-12)8(14)7(9)13/h3-6H2,1-2H3,(H2,9,13). The largest absolute Gasteiger partial charge is 0.361 e. The molecule has 2 N–H and O–H groups in total. The minimum atomic E-state index is -3.46. The number of nitrogens with two attached hydrogens (primary N) is 1. The van der Waals surface area contributed by atoms with E-state index in [4.69, 9.17) is 5.73 Å². The highest BCUT2D eigenvalue weighted by Gasteiger charge is 2.31. The molecule has 0 aromatic heterocycles. The minimum absolute atomic E-state index is 0.166. The van der Waals surface area contributed by atoms with Crippen LogP contribution in [-0.4, -0.2) is 74.0 Å². The van der Waals surface area contributed by atoms with Gasteiger partial charge in [0.05, 0.1) is 0 Å². The Morgan fingerprint density at radius 2 is 1.59 bits per heavy atom. The maximum absolute atomic E-state index is 11.8. The molecule has 1 heterocycles. The summed E-state index contributed by atoms with van der Waals surface area (Å²) in [5.41, 5.74) is 4.87. The molecule has 8 nitrogen and oxygen atoms in total. The molecule has 1 rings (SSSR count). The molecule has 0 spiro atoms. The Hall–Kier alpha value is -1.19. The molecule has 0 unspecified atom stereocenters. The summed E-state index contributed by atoms with van der Waals surface area (Å²) >= 11 is 0. The molecule has 0 bridgehead atoms. The predicted molar refractivity (Wildman–Crippen MR) is 60.0 cm³/mol. The van der Waals surface area contributed by atoms with E-state index in [-0.39, 0.29) is 26.2 Å². The fourth-order valence-corrected chi connectivity index (χ4v) is 2.60. The third kappa shape index (κ3) is 2.93. The summed E-state index contributed by atoms with van der Waals surface area (Å²) in [7, 11) is -0.575. The Labute approximate surface area is 100 Å². The van der Waals surface area contributed by atoms with E-state index >= 15 is 0 Å². The molecule has 17 heavy (non-hydrogen) atoms. The number of amides is 2. The third-order valence-electron chi connectivity index (χ3n) is 2.52. The van der Waals surface area contributed by atoms with Gasteiger partial charge in [-0.2, -0.15) is 17.0 Å². The lowest BCUT2D eigenvalue weighted by atomic mass is 10.3. The summed E-state index contributed by atoms with van der Waals surface area (Å²) < 4.78 is 25.9. The zero-order valence-corrected chi connectivity index (χ0v) is 10.6. The van der Waals surface area contributed by atoms with E-state index in [0.717, 1.165) is 4.31 Å². The van der Waals surface area contributed by atoms with Gasteiger partial charge in [0.15, 0.2) is 0 Å². The van der Waals surface area contributed by atoms with E-state index in [2.05, 4.69) is 0 Å². The zero-order valence-electron chi connectivity index (χ0n) is 9.79. The van der Waals surface area contributed by atoms with Crippen LogP contribution in [0.25, 0.3) is 0 Å². The number of primary amides is 1. The van der Waals surface area contributed by atoms with Crippen molar-refractivity contribution in [2.75, 3.05) is 40.3 Å². The number of hydrogen-bond acceptors (Lipinski definition) is 4. The first-order valence-electron chi connectivity index (χ1n) is 5.03. The van der Waals surface area contributed by atoms with Gasteiger partial charge in [0.2, 0.25) is 0 Å². The van der Waals surface area contributed by atoms with Gasteiger partial charge in [-0.1, -0.05) is 0 Å². The molecule has 1 aliphatic heterocycles. The van der Waals surface area contributed by atoms with Crippen molar-refractivity contribution in [3.8, 4) is 0 Å². The van der Waals surface area contributed by atoms with Gasteiger partial charge >= 0.3 is 11.8 Å². The van der Waals surface area contributed by atoms with Crippen molar-refractivity contribution in [3.05, 3.63) is 0 Å². The number of carbonyl (C=O) groups is 2.